The lowest BCUT2D eigenvalue weighted by atomic mass is 10.1. The Morgan fingerprint density at radius 3 is 2.61 bits per heavy atom. The first-order valence-corrected chi connectivity index (χ1v) is 12.3. The van der Waals surface area contributed by atoms with Gasteiger partial charge in [0.2, 0.25) is 5.91 Å². The van der Waals surface area contributed by atoms with Gasteiger partial charge in [-0.15, -0.1) is 0 Å². The average molecular weight is 523 g/mol. The van der Waals surface area contributed by atoms with Gasteiger partial charge in [-0.2, -0.15) is 0 Å². The van der Waals surface area contributed by atoms with Gasteiger partial charge in [0.15, 0.2) is 11.6 Å². The molecule has 10 heteroatoms. The van der Waals surface area contributed by atoms with Gasteiger partial charge in [0, 0.05) is 47.5 Å². The highest BCUT2D eigenvalue weighted by Crippen LogP contribution is 2.28. The number of aromatic nitrogens is 3. The van der Waals surface area contributed by atoms with Crippen LogP contribution in [0.1, 0.15) is 28.8 Å². The van der Waals surface area contributed by atoms with Crippen molar-refractivity contribution in [3.05, 3.63) is 75.9 Å². The fourth-order valence-electron chi connectivity index (χ4n) is 4.52. The molecule has 2 amide bonds. The number of fused-ring (bicyclic) bond motifs is 1. The fourth-order valence-corrected chi connectivity index (χ4v) is 5.00. The van der Waals surface area contributed by atoms with Crippen molar-refractivity contribution < 1.29 is 9.59 Å². The zero-order valence-corrected chi connectivity index (χ0v) is 21.1. The van der Waals surface area contributed by atoms with Crippen LogP contribution >= 0.6 is 23.2 Å². The lowest BCUT2D eigenvalue weighted by molar-refractivity contribution is -0.121. The predicted molar refractivity (Wildman–Crippen MR) is 141 cm³/mol. The van der Waals surface area contributed by atoms with Gasteiger partial charge < -0.3 is 20.5 Å². The van der Waals surface area contributed by atoms with E-state index in [9.17, 15) is 9.59 Å². The minimum Gasteiger partial charge on any atom is -0.368 e. The van der Waals surface area contributed by atoms with E-state index in [1.807, 2.05) is 42.1 Å². The van der Waals surface area contributed by atoms with Gasteiger partial charge in [-0.05, 0) is 48.7 Å². The highest BCUT2D eigenvalue weighted by molar-refractivity contribution is 6.35. The summed E-state index contributed by atoms with van der Waals surface area (Å²) in [6.45, 7) is 0.978. The second kappa shape index (κ2) is 9.79. The van der Waals surface area contributed by atoms with E-state index in [0.717, 1.165) is 28.6 Å². The summed E-state index contributed by atoms with van der Waals surface area (Å²) in [7, 11) is 1.93. The summed E-state index contributed by atoms with van der Waals surface area (Å²) < 4.78 is 1.96. The van der Waals surface area contributed by atoms with Gasteiger partial charge in [0.1, 0.15) is 11.6 Å². The number of carbonyl (C=O) groups excluding carboxylic acids is 2. The second-order valence-corrected chi connectivity index (χ2v) is 9.63. The normalized spacial score (nSPS) is 15.4. The third-order valence-electron chi connectivity index (χ3n) is 6.41. The Kier molecular flexibility index (Phi) is 6.55. The molecule has 36 heavy (non-hydrogen) atoms. The predicted octanol–water partition coefficient (Wildman–Crippen LogP) is 4.64. The lowest BCUT2D eigenvalue weighted by Crippen LogP contribution is -2.43. The Morgan fingerprint density at radius 1 is 1.11 bits per heavy atom. The molecule has 3 heterocycles. The molecule has 2 aromatic heterocycles. The zero-order chi connectivity index (χ0) is 25.4. The van der Waals surface area contributed by atoms with Crippen LogP contribution in [0.15, 0.2) is 54.7 Å². The maximum atomic E-state index is 13.0. The summed E-state index contributed by atoms with van der Waals surface area (Å²) in [6.07, 6.45) is 3.29. The summed E-state index contributed by atoms with van der Waals surface area (Å²) in [4.78, 5) is 35.7. The summed E-state index contributed by atoms with van der Waals surface area (Å²) in [5.74, 6) is 0.509. The van der Waals surface area contributed by atoms with E-state index in [1.54, 1.807) is 29.2 Å². The number of carbonyl (C=O) groups is 2. The average Bonchev–Trinajstić information content (AvgIpc) is 3.50. The molecule has 1 aliphatic heterocycles. The van der Waals surface area contributed by atoms with Gasteiger partial charge in [-0.25, -0.2) is 9.97 Å². The molecule has 0 spiro atoms. The molecular formula is C26H24Cl2N6O2. The first-order chi connectivity index (χ1) is 17.3. The molecule has 1 atom stereocenters. The molecule has 5 rings (SSSR count). The highest BCUT2D eigenvalue weighted by atomic mass is 35.5. The molecule has 1 aliphatic rings. The standard InChI is InChI=1S/C26H24Cl2N6O2/c1-33-12-10-20-22(33)25(30-14-17-8-9-18(27)13-19(17)28)32-24(31-20)15-4-6-16(7-5-15)26(36)34-11-2-3-21(34)23(29)35/h4-10,12-13,21H,2-3,11,14H2,1H3,(H2,29,35)(H,30,31,32)/t21-/m0/s1. The maximum absolute atomic E-state index is 13.0. The zero-order valence-electron chi connectivity index (χ0n) is 19.5. The van der Waals surface area contributed by atoms with Crippen molar-refractivity contribution in [1.29, 1.82) is 0 Å². The monoisotopic (exact) mass is 522 g/mol. The molecule has 2 aromatic carbocycles. The number of hydrogen-bond donors (Lipinski definition) is 2. The molecule has 0 unspecified atom stereocenters. The van der Waals surface area contributed by atoms with Crippen molar-refractivity contribution in [2.75, 3.05) is 11.9 Å². The van der Waals surface area contributed by atoms with E-state index >= 15 is 0 Å². The van der Waals surface area contributed by atoms with Gasteiger partial charge in [0.05, 0.1) is 5.52 Å². The number of hydrogen-bond acceptors (Lipinski definition) is 5. The van der Waals surface area contributed by atoms with Crippen molar-refractivity contribution in [1.82, 2.24) is 19.4 Å². The van der Waals surface area contributed by atoms with Gasteiger partial charge >= 0.3 is 0 Å². The minimum absolute atomic E-state index is 0.204. The number of nitrogens with one attached hydrogen (secondary N) is 1. The number of halogens is 2. The van der Waals surface area contributed by atoms with E-state index in [4.69, 9.17) is 38.9 Å². The molecule has 4 aromatic rings. The molecule has 1 fully saturated rings. The van der Waals surface area contributed by atoms with E-state index in [1.165, 1.54) is 0 Å². The Bertz CT molecular complexity index is 1470. The van der Waals surface area contributed by atoms with E-state index in [-0.39, 0.29) is 5.91 Å². The molecule has 0 saturated carbocycles. The van der Waals surface area contributed by atoms with Crippen LogP contribution in [0.5, 0.6) is 0 Å². The van der Waals surface area contributed by atoms with Crippen LogP contribution in [0.3, 0.4) is 0 Å². The second-order valence-electron chi connectivity index (χ2n) is 8.78. The molecule has 1 saturated heterocycles. The third-order valence-corrected chi connectivity index (χ3v) is 7.00. The third kappa shape index (κ3) is 4.62. The van der Waals surface area contributed by atoms with Crippen LogP contribution in [0.25, 0.3) is 22.4 Å². The SMILES string of the molecule is Cn1ccc2nc(-c3ccc(C(=O)N4CCC[C@H]4C(N)=O)cc3)nc(NCc3ccc(Cl)cc3Cl)c21. The number of anilines is 1. The summed E-state index contributed by atoms with van der Waals surface area (Å²) in [5.41, 5.74) is 9.26. The van der Waals surface area contributed by atoms with E-state index in [0.29, 0.717) is 46.8 Å². The fraction of sp³-hybridized carbons (Fsp3) is 0.231. The number of amides is 2. The number of primary amides is 1. The number of likely N-dealkylation sites (tertiary alicyclic amines) is 1. The highest BCUT2D eigenvalue weighted by Gasteiger charge is 2.33. The van der Waals surface area contributed by atoms with Crippen LogP contribution < -0.4 is 11.1 Å². The van der Waals surface area contributed by atoms with Gasteiger partial charge in [-0.3, -0.25) is 9.59 Å². The number of aryl methyl sites for hydroxylation is 1. The number of nitrogens with two attached hydrogens (primary N) is 1. The summed E-state index contributed by atoms with van der Waals surface area (Å²) in [5, 5.41) is 4.53. The van der Waals surface area contributed by atoms with E-state index < -0.39 is 11.9 Å². The van der Waals surface area contributed by atoms with Crippen LogP contribution in [0.2, 0.25) is 10.0 Å². The number of benzene rings is 2. The molecule has 8 nitrogen and oxygen atoms in total. The molecular weight excluding hydrogens is 499 g/mol. The van der Waals surface area contributed by atoms with Gasteiger partial charge in [-0.1, -0.05) is 41.4 Å². The molecule has 3 N–H and O–H groups in total. The van der Waals surface area contributed by atoms with Crippen LogP contribution in [0, 0.1) is 0 Å². The topological polar surface area (TPSA) is 106 Å². The smallest absolute Gasteiger partial charge is 0.254 e. The Labute approximate surface area is 218 Å². The molecule has 184 valence electrons. The number of nitrogens with zero attached hydrogens (tertiary/aromatic N) is 4. The lowest BCUT2D eigenvalue weighted by Gasteiger charge is -2.22. The van der Waals surface area contributed by atoms with Crippen LogP contribution in [0.4, 0.5) is 5.82 Å². The van der Waals surface area contributed by atoms with Crippen LogP contribution in [-0.4, -0.2) is 43.8 Å². The van der Waals surface area contributed by atoms with Crippen molar-refractivity contribution >= 4 is 51.9 Å². The van der Waals surface area contributed by atoms with E-state index in [2.05, 4.69) is 5.32 Å². The number of rotatable bonds is 6. The molecule has 0 radical (unpaired) electrons. The quantitative estimate of drug-likeness (QED) is 0.383. The summed E-state index contributed by atoms with van der Waals surface area (Å²) in [6, 6.07) is 13.8. The molecule has 0 aliphatic carbocycles. The maximum Gasteiger partial charge on any atom is 0.254 e. The van der Waals surface area contributed by atoms with Crippen molar-refractivity contribution in [2.24, 2.45) is 12.8 Å². The van der Waals surface area contributed by atoms with Crippen LogP contribution in [-0.2, 0) is 18.4 Å². The molecule has 0 bridgehead atoms. The Balaban J connectivity index is 1.43. The Hall–Kier alpha value is -3.62. The minimum atomic E-state index is -0.552. The van der Waals surface area contributed by atoms with Crippen molar-refractivity contribution in [2.45, 2.75) is 25.4 Å². The first-order valence-electron chi connectivity index (χ1n) is 11.5. The van der Waals surface area contributed by atoms with Gasteiger partial charge in [0.25, 0.3) is 5.91 Å². The van der Waals surface area contributed by atoms with Crippen molar-refractivity contribution in [3.63, 3.8) is 0 Å². The Morgan fingerprint density at radius 2 is 1.89 bits per heavy atom. The largest absolute Gasteiger partial charge is 0.368 e. The summed E-state index contributed by atoms with van der Waals surface area (Å²) >= 11 is 12.4. The van der Waals surface area contributed by atoms with Crippen molar-refractivity contribution in [3.8, 4) is 11.4 Å². The first kappa shape index (κ1) is 24.1.